The minimum atomic E-state index is -4.09. The molecule has 0 aliphatic carbocycles. The predicted octanol–water partition coefficient (Wildman–Crippen LogP) is 3.16. The quantitative estimate of drug-likeness (QED) is 0.358. The van der Waals surface area contributed by atoms with Gasteiger partial charge in [0.05, 0.1) is 12.8 Å². The average Bonchev–Trinajstić information content (AvgIpc) is 1.98. The molecule has 16 heavy (non-hydrogen) atoms. The molecule has 0 saturated heterocycles. The zero-order valence-electron chi connectivity index (χ0n) is 7.96. The van der Waals surface area contributed by atoms with Crippen LogP contribution in [0, 0.1) is 0 Å². The lowest BCUT2D eigenvalue weighted by atomic mass is 10.4. The summed E-state index contributed by atoms with van der Waals surface area (Å²) in [5.74, 6) is 4.59. The molecule has 0 aromatic rings. The van der Waals surface area contributed by atoms with Crippen LogP contribution in [0.3, 0.4) is 0 Å². The Labute approximate surface area is 103 Å². The molecule has 102 valence electrons. The first-order valence-corrected chi connectivity index (χ1v) is 4.87. The summed E-state index contributed by atoms with van der Waals surface area (Å²) in [6.07, 6.45) is -9.70. The highest BCUT2D eigenvalue weighted by Crippen LogP contribution is 2.19. The van der Waals surface area contributed by atoms with Crippen molar-refractivity contribution >= 4 is 28.3 Å². The van der Waals surface area contributed by atoms with Crippen LogP contribution < -0.4 is 11.3 Å². The molecule has 0 heterocycles. The van der Waals surface area contributed by atoms with E-state index in [1.165, 1.54) is 0 Å². The van der Waals surface area contributed by atoms with Gasteiger partial charge < -0.3 is 0 Å². The summed E-state index contributed by atoms with van der Waals surface area (Å²) in [6, 6.07) is 0. The fourth-order valence-electron chi connectivity index (χ4n) is 0.321. The molecule has 0 saturated carbocycles. The molecule has 0 radical (unpaired) electrons. The number of rotatable bonds is 3. The van der Waals surface area contributed by atoms with E-state index in [1.807, 2.05) is 5.43 Å². The lowest BCUT2D eigenvalue weighted by Gasteiger charge is -2.02. The van der Waals surface area contributed by atoms with Gasteiger partial charge in [-0.3, -0.25) is 11.3 Å². The molecule has 0 aromatic carbocycles. The van der Waals surface area contributed by atoms with Crippen LogP contribution in [0.2, 0.25) is 0 Å². The molecule has 0 aliphatic heterocycles. The number of alkyl halides is 7. The minimum Gasteiger partial charge on any atom is -0.271 e. The highest BCUT2D eigenvalue weighted by atomic mass is 79.9. The second kappa shape index (κ2) is 10.4. The standard InChI is InChI=1S/C3H4BrF3.C3H7F3N2.ClH/c4-2-1-3(5,6)7;4-3(5,6)1-2-8-7;/h1-2H2;8H,1-2,7H2;1H. The van der Waals surface area contributed by atoms with Crippen molar-refractivity contribution in [1.82, 2.24) is 5.43 Å². The smallest absolute Gasteiger partial charge is 0.271 e. The molecule has 0 bridgehead atoms. The van der Waals surface area contributed by atoms with E-state index >= 15 is 0 Å². The molecule has 0 rings (SSSR count). The minimum absolute atomic E-state index is 0. The fourth-order valence-corrected chi connectivity index (χ4v) is 0.771. The summed E-state index contributed by atoms with van der Waals surface area (Å²) >= 11 is 2.67. The Hall–Kier alpha value is 0.270. The Morgan fingerprint density at radius 1 is 0.938 bits per heavy atom. The van der Waals surface area contributed by atoms with Crippen LogP contribution in [-0.2, 0) is 0 Å². The van der Waals surface area contributed by atoms with Gasteiger partial charge in [-0.25, -0.2) is 0 Å². The number of hydrogen-bond donors (Lipinski definition) is 2. The third-order valence-corrected chi connectivity index (χ3v) is 1.33. The largest absolute Gasteiger partial charge is 0.390 e. The average molecular weight is 342 g/mol. The highest BCUT2D eigenvalue weighted by molar-refractivity contribution is 9.09. The lowest BCUT2D eigenvalue weighted by molar-refractivity contribution is -0.133. The first-order valence-electron chi connectivity index (χ1n) is 3.75. The van der Waals surface area contributed by atoms with Gasteiger partial charge in [-0.05, 0) is 0 Å². The molecule has 0 spiro atoms. The van der Waals surface area contributed by atoms with Crippen LogP contribution in [0.25, 0.3) is 0 Å². The summed E-state index contributed by atoms with van der Waals surface area (Å²) in [5.41, 5.74) is 1.90. The van der Waals surface area contributed by atoms with Gasteiger partial charge in [0.1, 0.15) is 0 Å². The summed E-state index contributed by atoms with van der Waals surface area (Å²) in [7, 11) is 0. The zero-order chi connectivity index (χ0) is 12.5. The molecule has 0 amide bonds. The SMILES string of the molecule is Cl.FC(F)(F)CCBr.NNCCC(F)(F)F. The van der Waals surface area contributed by atoms with Gasteiger partial charge in [-0.1, -0.05) is 15.9 Å². The van der Waals surface area contributed by atoms with E-state index in [4.69, 9.17) is 0 Å². The topological polar surface area (TPSA) is 38.0 Å². The van der Waals surface area contributed by atoms with Crippen LogP contribution in [0.5, 0.6) is 0 Å². The lowest BCUT2D eigenvalue weighted by Crippen LogP contribution is -2.27. The normalized spacial score (nSPS) is 11.2. The van der Waals surface area contributed by atoms with E-state index in [2.05, 4.69) is 21.8 Å². The van der Waals surface area contributed by atoms with Crippen LogP contribution in [0.4, 0.5) is 26.3 Å². The molecule has 10 heteroatoms. The van der Waals surface area contributed by atoms with Gasteiger partial charge in [0.25, 0.3) is 0 Å². The Morgan fingerprint density at radius 3 is 1.38 bits per heavy atom. The molecular formula is C6H12BrClF6N2. The first kappa shape index (κ1) is 21.5. The van der Waals surface area contributed by atoms with Crippen LogP contribution >= 0.6 is 28.3 Å². The molecular weight excluding hydrogens is 329 g/mol. The third kappa shape index (κ3) is 29.2. The Kier molecular flexibility index (Phi) is 14.0. The van der Waals surface area contributed by atoms with Crippen molar-refractivity contribution < 1.29 is 26.3 Å². The van der Waals surface area contributed by atoms with E-state index in [0.717, 1.165) is 0 Å². The van der Waals surface area contributed by atoms with Crippen molar-refractivity contribution in [1.29, 1.82) is 0 Å². The maximum Gasteiger partial charge on any atom is 0.390 e. The Balaban J connectivity index is -0.000000200. The number of halogens is 8. The van der Waals surface area contributed by atoms with Crippen molar-refractivity contribution in [3.05, 3.63) is 0 Å². The van der Waals surface area contributed by atoms with E-state index in [1.54, 1.807) is 0 Å². The third-order valence-electron chi connectivity index (χ3n) is 0.931. The molecule has 0 aliphatic rings. The maximum atomic E-state index is 11.1. The van der Waals surface area contributed by atoms with Crippen molar-refractivity contribution in [2.45, 2.75) is 25.2 Å². The molecule has 0 unspecified atom stereocenters. The molecule has 0 fully saturated rings. The van der Waals surface area contributed by atoms with Gasteiger partial charge in [0, 0.05) is 11.9 Å². The van der Waals surface area contributed by atoms with Crippen molar-refractivity contribution in [3.63, 3.8) is 0 Å². The van der Waals surface area contributed by atoms with Gasteiger partial charge in [-0.15, -0.1) is 12.4 Å². The van der Waals surface area contributed by atoms with Gasteiger partial charge in [0.2, 0.25) is 0 Å². The molecule has 0 aromatic heterocycles. The predicted molar refractivity (Wildman–Crippen MR) is 54.6 cm³/mol. The summed E-state index contributed by atoms with van der Waals surface area (Å²) in [5, 5.41) is -0.00347. The number of hydrazine groups is 1. The van der Waals surface area contributed by atoms with Gasteiger partial charge in [-0.2, -0.15) is 26.3 Å². The second-order valence-electron chi connectivity index (χ2n) is 2.37. The van der Waals surface area contributed by atoms with Crippen molar-refractivity contribution in [3.8, 4) is 0 Å². The van der Waals surface area contributed by atoms with Crippen LogP contribution in [-0.4, -0.2) is 24.2 Å². The zero-order valence-corrected chi connectivity index (χ0v) is 10.4. The van der Waals surface area contributed by atoms with Gasteiger partial charge in [0.15, 0.2) is 0 Å². The van der Waals surface area contributed by atoms with E-state index < -0.39 is 25.2 Å². The van der Waals surface area contributed by atoms with E-state index in [-0.39, 0.29) is 24.3 Å². The number of nitrogens with one attached hydrogen (secondary N) is 1. The van der Waals surface area contributed by atoms with Crippen LogP contribution in [0.1, 0.15) is 12.8 Å². The molecule has 0 atom stereocenters. The summed E-state index contributed by atoms with van der Waals surface area (Å²) in [4.78, 5) is 0. The highest BCUT2D eigenvalue weighted by Gasteiger charge is 2.25. The summed E-state index contributed by atoms with van der Waals surface area (Å²) in [6.45, 7) is -0.219. The van der Waals surface area contributed by atoms with E-state index in [9.17, 15) is 26.3 Å². The first-order chi connectivity index (χ1) is 6.62. The van der Waals surface area contributed by atoms with Crippen molar-refractivity contribution in [2.75, 3.05) is 11.9 Å². The summed E-state index contributed by atoms with van der Waals surface area (Å²) < 4.78 is 66.5. The number of hydrogen-bond acceptors (Lipinski definition) is 2. The molecule has 3 N–H and O–H groups in total. The Bertz CT molecular complexity index is 151. The monoisotopic (exact) mass is 340 g/mol. The second-order valence-corrected chi connectivity index (χ2v) is 3.17. The fraction of sp³-hybridized carbons (Fsp3) is 1.00. The van der Waals surface area contributed by atoms with Crippen molar-refractivity contribution in [2.24, 2.45) is 5.84 Å². The number of nitrogens with two attached hydrogens (primary N) is 1. The van der Waals surface area contributed by atoms with E-state index in [0.29, 0.717) is 0 Å². The maximum absolute atomic E-state index is 11.1. The Morgan fingerprint density at radius 2 is 1.31 bits per heavy atom. The van der Waals surface area contributed by atoms with Crippen LogP contribution in [0.15, 0.2) is 0 Å². The molecule has 2 nitrogen and oxygen atoms in total. The van der Waals surface area contributed by atoms with Gasteiger partial charge >= 0.3 is 12.4 Å².